The molecule has 2 atom stereocenters. The lowest BCUT2D eigenvalue weighted by molar-refractivity contribution is -0.143. The molecule has 0 saturated carbocycles. The zero-order chi connectivity index (χ0) is 63.5. The van der Waals surface area contributed by atoms with E-state index in [2.05, 4.69) is 31.3 Å². The summed E-state index contributed by atoms with van der Waals surface area (Å²) < 4.78 is 5.50. The SMILES string of the molecule is CCCCCCCCCCCCCCCCCCCCCCCC(O)C(CO)NC(=O)CCCCCCCCCCCCCCCCCCC/C=C\CCCCCCCCCCCCCCCCCCOC(=O)CCCCCCCCCCCCCCC. The molecule has 6 nitrogen and oxygen atoms in total. The quantitative estimate of drug-likeness (QED) is 0.0320. The molecule has 88 heavy (non-hydrogen) atoms. The van der Waals surface area contributed by atoms with Crippen molar-refractivity contribution in [1.29, 1.82) is 0 Å². The fourth-order valence-electron chi connectivity index (χ4n) is 13.3. The summed E-state index contributed by atoms with van der Waals surface area (Å²) >= 11 is 0. The van der Waals surface area contributed by atoms with E-state index >= 15 is 0 Å². The van der Waals surface area contributed by atoms with Gasteiger partial charge in [-0.15, -0.1) is 0 Å². The molecule has 0 aliphatic heterocycles. The van der Waals surface area contributed by atoms with Crippen LogP contribution in [0.1, 0.15) is 476 Å². The molecule has 0 aliphatic rings. The summed E-state index contributed by atoms with van der Waals surface area (Å²) in [6.45, 7) is 5.01. The minimum Gasteiger partial charge on any atom is -0.466 e. The summed E-state index contributed by atoms with van der Waals surface area (Å²) in [4.78, 5) is 24.6. The van der Waals surface area contributed by atoms with Crippen molar-refractivity contribution in [2.45, 2.75) is 488 Å². The van der Waals surface area contributed by atoms with Crippen LogP contribution < -0.4 is 5.32 Å². The van der Waals surface area contributed by atoms with Gasteiger partial charge >= 0.3 is 5.97 Å². The van der Waals surface area contributed by atoms with E-state index in [9.17, 15) is 19.8 Å². The first-order valence-electron chi connectivity index (χ1n) is 40.9. The van der Waals surface area contributed by atoms with Crippen molar-refractivity contribution in [2.75, 3.05) is 13.2 Å². The van der Waals surface area contributed by atoms with Crippen LogP contribution in [-0.4, -0.2) is 47.4 Å². The molecule has 1 amide bonds. The normalized spacial score (nSPS) is 12.5. The van der Waals surface area contributed by atoms with Crippen molar-refractivity contribution >= 4 is 11.9 Å². The number of amides is 1. The lowest BCUT2D eigenvalue weighted by atomic mass is 10.0. The molecule has 0 aromatic carbocycles. The highest BCUT2D eigenvalue weighted by Crippen LogP contribution is 2.21. The number of esters is 1. The smallest absolute Gasteiger partial charge is 0.305 e. The summed E-state index contributed by atoms with van der Waals surface area (Å²) in [7, 11) is 0. The molecule has 0 spiro atoms. The molecule has 0 bridgehead atoms. The van der Waals surface area contributed by atoms with E-state index in [-0.39, 0.29) is 18.5 Å². The van der Waals surface area contributed by atoms with Crippen molar-refractivity contribution in [3.05, 3.63) is 12.2 Å². The van der Waals surface area contributed by atoms with Gasteiger partial charge in [-0.2, -0.15) is 0 Å². The molecule has 0 aliphatic carbocycles. The molecule has 0 fully saturated rings. The first kappa shape index (κ1) is 86.6. The van der Waals surface area contributed by atoms with E-state index in [1.54, 1.807) is 0 Å². The molecule has 0 aromatic heterocycles. The molecule has 0 rings (SSSR count). The first-order valence-corrected chi connectivity index (χ1v) is 40.9. The van der Waals surface area contributed by atoms with E-state index in [1.165, 1.54) is 405 Å². The standard InChI is InChI=1S/C82H161NO5/c1-3-5-7-9-11-13-15-17-18-19-20-38-41-44-47-51-54-58-62-66-70-74-80(85)79(78-84)83-81(86)75-71-67-63-59-55-52-48-45-42-39-36-34-32-30-28-26-24-22-21-23-25-27-29-31-33-35-37-40-43-46-49-53-57-61-65-69-73-77-88-82(87)76-72-68-64-60-56-50-16-14-12-10-8-6-4-2/h21,23,79-80,84-85H,3-20,22,24-78H2,1-2H3,(H,83,86)/b23-21-. The Labute approximate surface area is 552 Å². The van der Waals surface area contributed by atoms with E-state index in [1.807, 2.05) is 0 Å². The summed E-state index contributed by atoms with van der Waals surface area (Å²) in [6, 6.07) is -0.539. The van der Waals surface area contributed by atoms with Crippen LogP contribution in [0.4, 0.5) is 0 Å². The Morgan fingerprint density at radius 3 is 0.807 bits per heavy atom. The lowest BCUT2D eigenvalue weighted by Gasteiger charge is -2.22. The largest absolute Gasteiger partial charge is 0.466 e. The molecule has 0 radical (unpaired) electrons. The Hall–Kier alpha value is -1.40. The Balaban J connectivity index is 3.33. The van der Waals surface area contributed by atoms with Crippen LogP contribution in [0.5, 0.6) is 0 Å². The molecule has 6 heteroatoms. The van der Waals surface area contributed by atoms with E-state index in [0.29, 0.717) is 25.9 Å². The number of hydrogen-bond donors (Lipinski definition) is 3. The van der Waals surface area contributed by atoms with Crippen LogP contribution in [0, 0.1) is 0 Å². The van der Waals surface area contributed by atoms with Crippen LogP contribution in [0.15, 0.2) is 12.2 Å². The monoisotopic (exact) mass is 1240 g/mol. The van der Waals surface area contributed by atoms with E-state index in [4.69, 9.17) is 4.74 Å². The van der Waals surface area contributed by atoms with Crippen molar-refractivity contribution in [1.82, 2.24) is 5.32 Å². The van der Waals surface area contributed by atoms with Gasteiger partial charge in [0.2, 0.25) is 5.91 Å². The van der Waals surface area contributed by atoms with Gasteiger partial charge in [-0.05, 0) is 51.4 Å². The highest BCUT2D eigenvalue weighted by Gasteiger charge is 2.20. The van der Waals surface area contributed by atoms with Gasteiger partial charge in [-0.3, -0.25) is 9.59 Å². The van der Waals surface area contributed by atoms with Crippen molar-refractivity contribution in [2.24, 2.45) is 0 Å². The van der Waals surface area contributed by atoms with Gasteiger partial charge in [0.05, 0.1) is 25.4 Å². The second kappa shape index (κ2) is 78.0. The minimum atomic E-state index is -0.662. The highest BCUT2D eigenvalue weighted by atomic mass is 16.5. The zero-order valence-corrected chi connectivity index (χ0v) is 60.3. The van der Waals surface area contributed by atoms with E-state index < -0.39 is 12.1 Å². The fourth-order valence-corrected chi connectivity index (χ4v) is 13.3. The van der Waals surface area contributed by atoms with Crippen molar-refractivity contribution in [3.63, 3.8) is 0 Å². The molecule has 0 saturated heterocycles. The fraction of sp³-hybridized carbons (Fsp3) is 0.951. The third-order valence-corrected chi connectivity index (χ3v) is 19.6. The molecule has 3 N–H and O–H groups in total. The number of hydrogen-bond acceptors (Lipinski definition) is 5. The summed E-state index contributed by atoms with van der Waals surface area (Å²) in [6.07, 6.45) is 98.9. The van der Waals surface area contributed by atoms with Crippen LogP contribution in [0.25, 0.3) is 0 Å². The molecule has 0 aromatic rings. The highest BCUT2D eigenvalue weighted by molar-refractivity contribution is 5.76. The van der Waals surface area contributed by atoms with Crippen LogP contribution in [-0.2, 0) is 14.3 Å². The predicted molar refractivity (Wildman–Crippen MR) is 389 cm³/mol. The molecular formula is C82H161NO5. The number of rotatable bonds is 78. The van der Waals surface area contributed by atoms with Gasteiger partial charge in [-0.25, -0.2) is 0 Å². The molecule has 0 heterocycles. The Morgan fingerprint density at radius 1 is 0.307 bits per heavy atom. The number of aliphatic hydroxyl groups is 2. The number of allylic oxidation sites excluding steroid dienone is 2. The van der Waals surface area contributed by atoms with E-state index in [0.717, 1.165) is 38.5 Å². The zero-order valence-electron chi connectivity index (χ0n) is 60.3. The Kier molecular flexibility index (Phi) is 76.8. The minimum absolute atomic E-state index is 0.0242. The van der Waals surface area contributed by atoms with Crippen LogP contribution in [0.2, 0.25) is 0 Å². The Bertz CT molecular complexity index is 1340. The number of carbonyl (C=O) groups is 2. The van der Waals surface area contributed by atoms with Crippen LogP contribution >= 0.6 is 0 Å². The number of aliphatic hydroxyl groups excluding tert-OH is 2. The Morgan fingerprint density at radius 2 is 0.534 bits per heavy atom. The maximum absolute atomic E-state index is 12.6. The molecule has 2 unspecified atom stereocenters. The number of ether oxygens (including phenoxy) is 1. The summed E-state index contributed by atoms with van der Waals surface area (Å²) in [5, 5.41) is 23.5. The van der Waals surface area contributed by atoms with Gasteiger partial charge in [0.1, 0.15) is 0 Å². The average molecular weight is 1240 g/mol. The van der Waals surface area contributed by atoms with Crippen molar-refractivity contribution in [3.8, 4) is 0 Å². The van der Waals surface area contributed by atoms with Gasteiger partial charge in [0.15, 0.2) is 0 Å². The third kappa shape index (κ3) is 73.6. The first-order chi connectivity index (χ1) is 43.5. The summed E-state index contributed by atoms with van der Waals surface area (Å²) in [5.41, 5.74) is 0. The average Bonchev–Trinajstić information content (AvgIpc) is 3.59. The molecule has 524 valence electrons. The van der Waals surface area contributed by atoms with Gasteiger partial charge in [0.25, 0.3) is 0 Å². The topological polar surface area (TPSA) is 95.9 Å². The van der Waals surface area contributed by atoms with Crippen molar-refractivity contribution < 1.29 is 24.5 Å². The maximum Gasteiger partial charge on any atom is 0.305 e. The number of nitrogens with one attached hydrogen (secondary N) is 1. The molecular weight excluding hydrogens is 1080 g/mol. The number of unbranched alkanes of at least 4 members (excludes halogenated alkanes) is 65. The lowest BCUT2D eigenvalue weighted by Crippen LogP contribution is -2.45. The second-order valence-electron chi connectivity index (χ2n) is 28.5. The maximum atomic E-state index is 12.6. The number of carbonyl (C=O) groups excluding carboxylic acids is 2. The summed E-state index contributed by atoms with van der Waals surface area (Å²) in [5.74, 6) is -0.000950. The van der Waals surface area contributed by atoms with Gasteiger partial charge < -0.3 is 20.3 Å². The van der Waals surface area contributed by atoms with Gasteiger partial charge in [-0.1, -0.05) is 424 Å². The van der Waals surface area contributed by atoms with Gasteiger partial charge in [0, 0.05) is 12.8 Å². The van der Waals surface area contributed by atoms with Crippen LogP contribution in [0.3, 0.4) is 0 Å². The third-order valence-electron chi connectivity index (χ3n) is 19.6. The predicted octanol–water partition coefficient (Wildman–Crippen LogP) is 27.1. The second-order valence-corrected chi connectivity index (χ2v) is 28.5.